The van der Waals surface area contributed by atoms with Crippen LogP contribution in [0.2, 0.25) is 0 Å². The number of hydrogen-bond donors (Lipinski definition) is 1. The standard InChI is InChI=1S/C9H8F2N2O4/c1-4-5(3-8(14)15)12-6(9(10)11)2-7(4)13(16)17/h2,9H,3H2,1H3,(H,14,15). The van der Waals surface area contributed by atoms with Gasteiger partial charge in [-0.05, 0) is 6.92 Å². The Balaban J connectivity index is 3.37. The van der Waals surface area contributed by atoms with Gasteiger partial charge in [-0.15, -0.1) is 0 Å². The first kappa shape index (κ1) is 12.9. The molecule has 0 aliphatic rings. The zero-order chi connectivity index (χ0) is 13.2. The van der Waals surface area contributed by atoms with Crippen molar-refractivity contribution in [3.63, 3.8) is 0 Å². The van der Waals surface area contributed by atoms with Crippen molar-refractivity contribution in [1.82, 2.24) is 4.98 Å². The lowest BCUT2D eigenvalue weighted by molar-refractivity contribution is -0.385. The Hall–Kier alpha value is -2.12. The molecular formula is C9H8F2N2O4. The van der Waals surface area contributed by atoms with Gasteiger partial charge in [-0.2, -0.15) is 0 Å². The fraction of sp³-hybridized carbons (Fsp3) is 0.333. The first-order valence-electron chi connectivity index (χ1n) is 4.47. The third-order valence-electron chi connectivity index (χ3n) is 2.10. The summed E-state index contributed by atoms with van der Waals surface area (Å²) in [7, 11) is 0. The number of halogens is 2. The van der Waals surface area contributed by atoms with E-state index in [0.29, 0.717) is 6.07 Å². The highest BCUT2D eigenvalue weighted by atomic mass is 19.3. The molecule has 1 aromatic heterocycles. The number of pyridine rings is 1. The molecule has 0 bridgehead atoms. The lowest BCUT2D eigenvalue weighted by Gasteiger charge is -2.06. The smallest absolute Gasteiger partial charge is 0.309 e. The minimum atomic E-state index is -2.98. The van der Waals surface area contributed by atoms with Gasteiger partial charge in [-0.1, -0.05) is 0 Å². The van der Waals surface area contributed by atoms with Gasteiger partial charge in [0.15, 0.2) is 0 Å². The van der Waals surface area contributed by atoms with Crippen molar-refractivity contribution in [3.05, 3.63) is 33.1 Å². The number of carboxylic acids is 1. The Morgan fingerprint density at radius 1 is 1.65 bits per heavy atom. The summed E-state index contributed by atoms with van der Waals surface area (Å²) in [5, 5.41) is 19.2. The Morgan fingerprint density at radius 3 is 2.65 bits per heavy atom. The molecule has 0 radical (unpaired) electrons. The van der Waals surface area contributed by atoms with E-state index in [9.17, 15) is 23.7 Å². The average Bonchev–Trinajstić information content (AvgIpc) is 2.19. The van der Waals surface area contributed by atoms with Crippen LogP contribution in [0.1, 0.15) is 23.4 Å². The fourth-order valence-electron chi connectivity index (χ4n) is 1.28. The molecule has 17 heavy (non-hydrogen) atoms. The second kappa shape index (κ2) is 4.81. The molecule has 0 unspecified atom stereocenters. The molecule has 0 aliphatic carbocycles. The number of nitrogens with zero attached hydrogens (tertiary/aromatic N) is 2. The summed E-state index contributed by atoms with van der Waals surface area (Å²) in [4.78, 5) is 23.7. The monoisotopic (exact) mass is 246 g/mol. The third kappa shape index (κ3) is 2.92. The predicted octanol–water partition coefficient (Wildman–Crippen LogP) is 1.86. The zero-order valence-electron chi connectivity index (χ0n) is 8.68. The Kier molecular flexibility index (Phi) is 3.66. The van der Waals surface area contributed by atoms with Crippen LogP contribution < -0.4 is 0 Å². The molecule has 0 fully saturated rings. The van der Waals surface area contributed by atoms with Crippen LogP contribution in [0.25, 0.3) is 0 Å². The first-order chi connectivity index (χ1) is 7.82. The molecule has 1 aromatic rings. The van der Waals surface area contributed by atoms with Crippen molar-refractivity contribution >= 4 is 11.7 Å². The van der Waals surface area contributed by atoms with Gasteiger partial charge in [0.2, 0.25) is 0 Å². The molecule has 0 saturated heterocycles. The number of carbonyl (C=O) groups is 1. The molecule has 1 N–H and O–H groups in total. The van der Waals surface area contributed by atoms with Gasteiger partial charge in [-0.3, -0.25) is 19.9 Å². The van der Waals surface area contributed by atoms with E-state index in [1.54, 1.807) is 0 Å². The van der Waals surface area contributed by atoms with Gasteiger partial charge >= 0.3 is 5.97 Å². The minimum Gasteiger partial charge on any atom is -0.481 e. The van der Waals surface area contributed by atoms with Crippen molar-refractivity contribution in [1.29, 1.82) is 0 Å². The summed E-state index contributed by atoms with van der Waals surface area (Å²) < 4.78 is 24.9. The second-order valence-corrected chi connectivity index (χ2v) is 3.27. The highest BCUT2D eigenvalue weighted by molar-refractivity contribution is 5.70. The maximum Gasteiger partial charge on any atom is 0.309 e. The highest BCUT2D eigenvalue weighted by Gasteiger charge is 2.22. The van der Waals surface area contributed by atoms with Crippen LogP contribution in [0.15, 0.2) is 6.07 Å². The lowest BCUT2D eigenvalue weighted by Crippen LogP contribution is -2.09. The summed E-state index contributed by atoms with van der Waals surface area (Å²) in [6.45, 7) is 1.28. The molecule has 0 spiro atoms. The first-order valence-corrected chi connectivity index (χ1v) is 4.47. The largest absolute Gasteiger partial charge is 0.481 e. The van der Waals surface area contributed by atoms with E-state index in [1.165, 1.54) is 6.92 Å². The summed E-state index contributed by atoms with van der Waals surface area (Å²) in [6, 6.07) is 0.658. The van der Waals surface area contributed by atoms with Crippen molar-refractivity contribution < 1.29 is 23.6 Å². The molecule has 0 aromatic carbocycles. The molecule has 0 atom stereocenters. The van der Waals surface area contributed by atoms with E-state index in [0.717, 1.165) is 0 Å². The maximum atomic E-state index is 12.4. The minimum absolute atomic E-state index is 0.0122. The van der Waals surface area contributed by atoms with Crippen LogP contribution in [0.4, 0.5) is 14.5 Å². The molecule has 92 valence electrons. The molecule has 6 nitrogen and oxygen atoms in total. The topological polar surface area (TPSA) is 93.3 Å². The quantitative estimate of drug-likeness (QED) is 0.646. The van der Waals surface area contributed by atoms with E-state index in [4.69, 9.17) is 5.11 Å². The number of hydrogen-bond acceptors (Lipinski definition) is 4. The molecule has 1 heterocycles. The molecule has 1 rings (SSSR count). The van der Waals surface area contributed by atoms with Gasteiger partial charge in [0.25, 0.3) is 12.1 Å². The number of carboxylic acid groups (broad SMARTS) is 1. The SMILES string of the molecule is Cc1c([N+](=O)[O-])cc(C(F)F)nc1CC(=O)O. The Bertz CT molecular complexity index is 476. The number of alkyl halides is 2. The normalized spacial score (nSPS) is 10.6. The van der Waals surface area contributed by atoms with E-state index >= 15 is 0 Å². The summed E-state index contributed by atoms with van der Waals surface area (Å²) >= 11 is 0. The highest BCUT2D eigenvalue weighted by Crippen LogP contribution is 2.26. The summed E-state index contributed by atoms with van der Waals surface area (Å²) in [5.41, 5.74) is -1.58. The average molecular weight is 246 g/mol. The van der Waals surface area contributed by atoms with Crippen LogP contribution >= 0.6 is 0 Å². The number of nitro groups is 1. The number of aliphatic carboxylic acids is 1. The van der Waals surface area contributed by atoms with Gasteiger partial charge in [0, 0.05) is 11.6 Å². The van der Waals surface area contributed by atoms with E-state index in [-0.39, 0.29) is 11.3 Å². The van der Waals surface area contributed by atoms with E-state index in [1.807, 2.05) is 0 Å². The second-order valence-electron chi connectivity index (χ2n) is 3.27. The van der Waals surface area contributed by atoms with Crippen LogP contribution in [0.3, 0.4) is 0 Å². The van der Waals surface area contributed by atoms with Crippen molar-refractivity contribution in [3.8, 4) is 0 Å². The van der Waals surface area contributed by atoms with Gasteiger partial charge in [0.1, 0.15) is 5.69 Å². The van der Waals surface area contributed by atoms with E-state index in [2.05, 4.69) is 4.98 Å². The van der Waals surface area contributed by atoms with Crippen molar-refractivity contribution in [2.75, 3.05) is 0 Å². The predicted molar refractivity (Wildman–Crippen MR) is 51.9 cm³/mol. The van der Waals surface area contributed by atoms with Crippen LogP contribution in [-0.4, -0.2) is 21.0 Å². The molecule has 0 saturated carbocycles. The van der Waals surface area contributed by atoms with Crippen LogP contribution in [0.5, 0.6) is 0 Å². The fourth-order valence-corrected chi connectivity index (χ4v) is 1.28. The maximum absolute atomic E-state index is 12.4. The summed E-state index contributed by atoms with van der Waals surface area (Å²) in [5.74, 6) is -1.29. The molecule has 0 aliphatic heterocycles. The molecular weight excluding hydrogens is 238 g/mol. The lowest BCUT2D eigenvalue weighted by atomic mass is 10.1. The Labute approximate surface area is 94.1 Å². The van der Waals surface area contributed by atoms with Crippen molar-refractivity contribution in [2.45, 2.75) is 19.8 Å². The number of rotatable bonds is 4. The van der Waals surface area contributed by atoms with Gasteiger partial charge < -0.3 is 5.11 Å². The van der Waals surface area contributed by atoms with Crippen LogP contribution in [0, 0.1) is 17.0 Å². The zero-order valence-corrected chi connectivity index (χ0v) is 8.68. The molecule has 0 amide bonds. The van der Waals surface area contributed by atoms with Crippen molar-refractivity contribution in [2.24, 2.45) is 0 Å². The van der Waals surface area contributed by atoms with Crippen LogP contribution in [-0.2, 0) is 11.2 Å². The third-order valence-corrected chi connectivity index (χ3v) is 2.10. The van der Waals surface area contributed by atoms with Gasteiger partial charge in [0.05, 0.1) is 17.0 Å². The van der Waals surface area contributed by atoms with Gasteiger partial charge in [-0.25, -0.2) is 8.78 Å². The summed E-state index contributed by atoms with van der Waals surface area (Å²) in [6.07, 6.45) is -3.62. The number of aromatic nitrogens is 1. The Morgan fingerprint density at radius 2 is 2.24 bits per heavy atom. The van der Waals surface area contributed by atoms with E-state index < -0.39 is 35.1 Å². The molecule has 8 heteroatoms.